The number of likely N-dealkylation sites (tertiary alicyclic amines) is 1. The van der Waals surface area contributed by atoms with Gasteiger partial charge in [-0.3, -0.25) is 9.69 Å². The van der Waals surface area contributed by atoms with Gasteiger partial charge >= 0.3 is 0 Å². The van der Waals surface area contributed by atoms with Crippen molar-refractivity contribution in [1.29, 1.82) is 0 Å². The summed E-state index contributed by atoms with van der Waals surface area (Å²) in [5, 5.41) is 0.401. The average molecular weight is 576 g/mol. The number of benzene rings is 2. The number of carbonyl (C=O) groups is 1. The van der Waals surface area contributed by atoms with E-state index < -0.39 is 27.6 Å². The number of amides is 1. The normalized spacial score (nSPS) is 18.0. The second kappa shape index (κ2) is 11.4. The van der Waals surface area contributed by atoms with Crippen molar-refractivity contribution in [3.63, 3.8) is 0 Å². The van der Waals surface area contributed by atoms with Crippen molar-refractivity contribution >= 4 is 39.1 Å². The number of hydrogen-bond donors (Lipinski definition) is 1. The van der Waals surface area contributed by atoms with Crippen molar-refractivity contribution in [2.45, 2.75) is 51.5 Å². The summed E-state index contributed by atoms with van der Waals surface area (Å²) in [6.07, 6.45) is 3.43. The highest BCUT2D eigenvalue weighted by atomic mass is 35.5. The van der Waals surface area contributed by atoms with Crippen LogP contribution in [0.5, 0.6) is 5.75 Å². The predicted octanol–water partition coefficient (Wildman–Crippen LogP) is 6.08. The summed E-state index contributed by atoms with van der Waals surface area (Å²) >= 11 is 12.0. The van der Waals surface area contributed by atoms with Gasteiger partial charge in [-0.15, -0.1) is 0 Å². The molecule has 1 atom stereocenters. The smallest absolute Gasteiger partial charge is 0.267 e. The molecule has 4 rings (SSSR count). The van der Waals surface area contributed by atoms with Crippen molar-refractivity contribution in [2.24, 2.45) is 5.92 Å². The molecule has 6 nitrogen and oxygen atoms in total. The van der Waals surface area contributed by atoms with E-state index in [0.29, 0.717) is 22.9 Å². The van der Waals surface area contributed by atoms with Gasteiger partial charge in [0.05, 0.1) is 22.9 Å². The first-order valence-corrected chi connectivity index (χ1v) is 14.8. The molecule has 1 saturated carbocycles. The van der Waals surface area contributed by atoms with Crippen molar-refractivity contribution in [1.82, 2.24) is 9.62 Å². The lowest BCUT2D eigenvalue weighted by molar-refractivity contribution is 0.0977. The molecule has 202 valence electrons. The average Bonchev–Trinajstić information content (AvgIpc) is 3.70. The van der Waals surface area contributed by atoms with E-state index in [-0.39, 0.29) is 34.2 Å². The van der Waals surface area contributed by atoms with Gasteiger partial charge in [-0.25, -0.2) is 21.9 Å². The van der Waals surface area contributed by atoms with Crippen LogP contribution >= 0.6 is 23.2 Å². The Hall–Kier alpha value is -1.94. The number of hydrogen-bond acceptors (Lipinski definition) is 5. The molecule has 2 aliphatic rings. The van der Waals surface area contributed by atoms with Crippen molar-refractivity contribution in [3.05, 3.63) is 62.6 Å². The number of halogens is 4. The van der Waals surface area contributed by atoms with Crippen LogP contribution in [0, 0.1) is 17.6 Å². The summed E-state index contributed by atoms with van der Waals surface area (Å²) in [5.74, 6) is -1.77. The molecule has 2 aromatic carbocycles. The van der Waals surface area contributed by atoms with Gasteiger partial charge in [-0.05, 0) is 88.2 Å². The lowest BCUT2D eigenvalue weighted by Crippen LogP contribution is -2.37. The molecule has 1 aliphatic heterocycles. The second-order valence-corrected chi connectivity index (χ2v) is 12.6. The largest absolute Gasteiger partial charge is 0.493 e. The quantitative estimate of drug-likeness (QED) is 0.367. The third kappa shape index (κ3) is 6.74. The van der Waals surface area contributed by atoms with Gasteiger partial charge in [0.15, 0.2) is 0 Å². The van der Waals surface area contributed by atoms with Crippen LogP contribution in [0.15, 0.2) is 24.3 Å². The fraction of sp³-hybridized carbons (Fsp3) is 0.500. The van der Waals surface area contributed by atoms with Crippen molar-refractivity contribution in [3.8, 4) is 5.75 Å². The first kappa shape index (κ1) is 28.1. The van der Waals surface area contributed by atoms with E-state index in [2.05, 4.69) is 4.90 Å². The monoisotopic (exact) mass is 574 g/mol. The molecule has 1 amide bonds. The minimum Gasteiger partial charge on any atom is -0.493 e. The second-order valence-electron chi connectivity index (χ2n) is 9.74. The predicted molar refractivity (Wildman–Crippen MR) is 140 cm³/mol. The highest BCUT2D eigenvalue weighted by Gasteiger charge is 2.31. The number of carbonyl (C=O) groups excluding carboxylic acids is 1. The van der Waals surface area contributed by atoms with E-state index in [0.717, 1.165) is 44.3 Å². The van der Waals surface area contributed by atoms with Crippen molar-refractivity contribution < 1.29 is 26.7 Å². The molecule has 1 saturated heterocycles. The van der Waals surface area contributed by atoms with E-state index in [1.165, 1.54) is 25.1 Å². The molecule has 0 unspecified atom stereocenters. The van der Waals surface area contributed by atoms with Crippen LogP contribution in [0.1, 0.15) is 73.0 Å². The molecule has 0 radical (unpaired) electrons. The number of rotatable bonds is 9. The number of ether oxygens (including phenoxy) is 1. The van der Waals surface area contributed by atoms with Crippen LogP contribution in [0.2, 0.25) is 10.0 Å². The molecule has 1 aliphatic carbocycles. The molecule has 0 bridgehead atoms. The summed E-state index contributed by atoms with van der Waals surface area (Å²) in [7, 11) is -3.81. The lowest BCUT2D eigenvalue weighted by atomic mass is 9.95. The summed E-state index contributed by atoms with van der Waals surface area (Å²) < 4.78 is 60.8. The first-order valence-electron chi connectivity index (χ1n) is 12.4. The Morgan fingerprint density at radius 1 is 1.14 bits per heavy atom. The van der Waals surface area contributed by atoms with E-state index in [1.54, 1.807) is 6.07 Å². The fourth-order valence-electron chi connectivity index (χ4n) is 4.64. The number of nitrogens with one attached hydrogen (secondary N) is 1. The Morgan fingerprint density at radius 3 is 2.43 bits per heavy atom. The minimum atomic E-state index is -3.81. The topological polar surface area (TPSA) is 75.7 Å². The Morgan fingerprint density at radius 2 is 1.81 bits per heavy atom. The fourth-order valence-corrected chi connectivity index (χ4v) is 5.69. The Balaban J connectivity index is 1.39. The molecule has 11 heteroatoms. The summed E-state index contributed by atoms with van der Waals surface area (Å²) in [6.45, 7) is 5.17. The Labute approximate surface area is 226 Å². The van der Waals surface area contributed by atoms with Crippen LogP contribution in [-0.4, -0.2) is 44.7 Å². The third-order valence-corrected chi connectivity index (χ3v) is 8.88. The SMILES string of the molecule is CCS(=O)(=O)NC(=O)c1cc(C2CC2)c(OCC2CCN([C@H](C)c3cc(Cl)cc(Cl)c3F)CC2)cc1F. The van der Waals surface area contributed by atoms with Crippen LogP contribution in [0.3, 0.4) is 0 Å². The van der Waals surface area contributed by atoms with Crippen LogP contribution < -0.4 is 9.46 Å². The zero-order chi connectivity index (χ0) is 26.9. The maximum atomic E-state index is 14.8. The summed E-state index contributed by atoms with van der Waals surface area (Å²) in [5.41, 5.74) is 0.884. The van der Waals surface area contributed by atoms with Gasteiger partial charge in [0.25, 0.3) is 5.91 Å². The molecule has 0 spiro atoms. The van der Waals surface area contributed by atoms with Gasteiger partial charge in [0.2, 0.25) is 10.0 Å². The first-order chi connectivity index (χ1) is 17.5. The zero-order valence-corrected chi connectivity index (χ0v) is 23.0. The maximum absolute atomic E-state index is 14.8. The lowest BCUT2D eigenvalue weighted by Gasteiger charge is -2.36. The van der Waals surface area contributed by atoms with Crippen LogP contribution in [-0.2, 0) is 10.0 Å². The van der Waals surface area contributed by atoms with Gasteiger partial charge < -0.3 is 4.74 Å². The number of nitrogens with zero attached hydrogens (tertiary/aromatic N) is 1. The number of piperidine rings is 1. The molecule has 2 fully saturated rings. The van der Waals surface area contributed by atoms with Crippen molar-refractivity contribution in [2.75, 3.05) is 25.4 Å². The Kier molecular flexibility index (Phi) is 8.68. The summed E-state index contributed by atoms with van der Waals surface area (Å²) in [4.78, 5) is 14.6. The van der Waals surface area contributed by atoms with Gasteiger partial charge in [-0.2, -0.15) is 0 Å². The molecule has 0 aromatic heterocycles. The molecule has 37 heavy (non-hydrogen) atoms. The zero-order valence-electron chi connectivity index (χ0n) is 20.7. The maximum Gasteiger partial charge on any atom is 0.267 e. The molecule has 1 heterocycles. The van der Waals surface area contributed by atoms with Gasteiger partial charge in [0.1, 0.15) is 17.4 Å². The minimum absolute atomic E-state index is 0.00632. The molecular formula is C26H30Cl2F2N2O4S. The number of sulfonamides is 1. The molecular weight excluding hydrogens is 545 g/mol. The van der Waals surface area contributed by atoms with E-state index in [9.17, 15) is 22.0 Å². The van der Waals surface area contributed by atoms with Gasteiger partial charge in [0, 0.05) is 22.7 Å². The van der Waals surface area contributed by atoms with E-state index in [4.69, 9.17) is 27.9 Å². The molecule has 1 N–H and O–H groups in total. The van der Waals surface area contributed by atoms with Crippen LogP contribution in [0.4, 0.5) is 8.78 Å². The highest BCUT2D eigenvalue weighted by Crippen LogP contribution is 2.45. The Bertz CT molecular complexity index is 1280. The molecule has 2 aromatic rings. The van der Waals surface area contributed by atoms with E-state index >= 15 is 0 Å². The van der Waals surface area contributed by atoms with E-state index in [1.807, 2.05) is 11.6 Å². The van der Waals surface area contributed by atoms with Crippen LogP contribution in [0.25, 0.3) is 0 Å². The highest BCUT2D eigenvalue weighted by molar-refractivity contribution is 7.90. The van der Waals surface area contributed by atoms with Gasteiger partial charge in [-0.1, -0.05) is 23.2 Å². The third-order valence-electron chi connectivity index (χ3n) is 7.13. The summed E-state index contributed by atoms with van der Waals surface area (Å²) in [6, 6.07) is 5.41. The standard InChI is InChI=1S/C26H30Cl2F2N2O4S/c1-3-37(34,35)31-26(33)21-12-20(17-4-5-17)24(13-23(21)29)36-14-16-6-8-32(9-7-16)15(2)19-10-18(27)11-22(28)25(19)30/h10-13,15-17H,3-9,14H2,1-2H3,(H,31,33)/t15-/m1/s1.